The van der Waals surface area contributed by atoms with E-state index in [9.17, 15) is 4.79 Å². The molecule has 2 N–H and O–H groups in total. The van der Waals surface area contributed by atoms with Gasteiger partial charge in [-0.15, -0.1) is 0 Å². The highest BCUT2D eigenvalue weighted by atomic mass is 16.5. The van der Waals surface area contributed by atoms with Crippen LogP contribution in [0.5, 0.6) is 5.75 Å². The minimum atomic E-state index is 0.00133. The third kappa shape index (κ3) is 4.45. The molecule has 26 heavy (non-hydrogen) atoms. The van der Waals surface area contributed by atoms with Crippen LogP contribution in [0.15, 0.2) is 54.7 Å². The van der Waals surface area contributed by atoms with Gasteiger partial charge in [0.2, 0.25) is 5.91 Å². The molecule has 0 bridgehead atoms. The van der Waals surface area contributed by atoms with Crippen molar-refractivity contribution in [1.29, 1.82) is 0 Å². The van der Waals surface area contributed by atoms with Gasteiger partial charge >= 0.3 is 0 Å². The number of benzene rings is 2. The fourth-order valence-electron chi connectivity index (χ4n) is 2.92. The van der Waals surface area contributed by atoms with Crippen LogP contribution in [-0.2, 0) is 16.6 Å². The number of hydrogen-bond acceptors (Lipinski definition) is 2. The first-order valence-corrected chi connectivity index (χ1v) is 8.98. The van der Waals surface area contributed by atoms with Crippen molar-refractivity contribution in [3.63, 3.8) is 0 Å². The molecule has 0 fully saturated rings. The smallest absolute Gasteiger partial charge is 0.224 e. The molecule has 0 atom stereocenters. The van der Waals surface area contributed by atoms with Crippen molar-refractivity contribution in [3.05, 3.63) is 65.9 Å². The Bertz CT molecular complexity index is 873. The molecule has 1 aromatic heterocycles. The summed E-state index contributed by atoms with van der Waals surface area (Å²) >= 11 is 0. The standard InChI is InChI=1S/C22H26N2O2/c1-22(2,3)17-8-10-18(11-9-17)26-13-12-23-21(25)14-16-15-24-20-7-5-4-6-19(16)20/h4-11,15,24H,12-14H2,1-3H3,(H,23,25). The van der Waals surface area contributed by atoms with E-state index in [1.165, 1.54) is 5.56 Å². The number of ether oxygens (including phenoxy) is 1. The van der Waals surface area contributed by atoms with Gasteiger partial charge in [0, 0.05) is 17.1 Å². The van der Waals surface area contributed by atoms with E-state index in [1.807, 2.05) is 42.6 Å². The zero-order valence-electron chi connectivity index (χ0n) is 15.6. The zero-order chi connectivity index (χ0) is 18.6. The molecule has 0 saturated heterocycles. The topological polar surface area (TPSA) is 54.1 Å². The average Bonchev–Trinajstić information content (AvgIpc) is 3.01. The molecular weight excluding hydrogens is 324 g/mol. The Labute approximate surface area is 154 Å². The Morgan fingerprint density at radius 2 is 1.81 bits per heavy atom. The number of hydrogen-bond donors (Lipinski definition) is 2. The molecule has 3 aromatic rings. The lowest BCUT2D eigenvalue weighted by Crippen LogP contribution is -2.29. The summed E-state index contributed by atoms with van der Waals surface area (Å²) in [5, 5.41) is 4.01. The van der Waals surface area contributed by atoms with Crippen molar-refractivity contribution in [1.82, 2.24) is 10.3 Å². The van der Waals surface area contributed by atoms with Crippen molar-refractivity contribution in [2.75, 3.05) is 13.2 Å². The number of aromatic nitrogens is 1. The molecule has 2 aromatic carbocycles. The van der Waals surface area contributed by atoms with Crippen LogP contribution in [0.3, 0.4) is 0 Å². The van der Waals surface area contributed by atoms with E-state index < -0.39 is 0 Å². The lowest BCUT2D eigenvalue weighted by molar-refractivity contribution is -0.120. The third-order valence-electron chi connectivity index (χ3n) is 4.44. The van der Waals surface area contributed by atoms with Gasteiger partial charge in [0.15, 0.2) is 0 Å². The molecule has 1 amide bonds. The van der Waals surface area contributed by atoms with Gasteiger partial charge in [-0.25, -0.2) is 0 Å². The third-order valence-corrected chi connectivity index (χ3v) is 4.44. The van der Waals surface area contributed by atoms with Crippen LogP contribution in [0.4, 0.5) is 0 Å². The normalized spacial score (nSPS) is 11.5. The van der Waals surface area contributed by atoms with Crippen molar-refractivity contribution in [3.8, 4) is 5.75 Å². The number of H-pyrrole nitrogens is 1. The van der Waals surface area contributed by atoms with Gasteiger partial charge in [-0.05, 0) is 34.7 Å². The Balaban J connectivity index is 1.44. The molecule has 4 nitrogen and oxygen atoms in total. The fraction of sp³-hybridized carbons (Fsp3) is 0.318. The highest BCUT2D eigenvalue weighted by molar-refractivity contribution is 5.88. The number of amides is 1. The largest absolute Gasteiger partial charge is 0.492 e. The van der Waals surface area contributed by atoms with Crippen LogP contribution >= 0.6 is 0 Å². The van der Waals surface area contributed by atoms with Gasteiger partial charge in [-0.2, -0.15) is 0 Å². The van der Waals surface area contributed by atoms with Gasteiger partial charge in [0.1, 0.15) is 12.4 Å². The summed E-state index contributed by atoms with van der Waals surface area (Å²) in [7, 11) is 0. The van der Waals surface area contributed by atoms with Crippen LogP contribution < -0.4 is 10.1 Å². The molecule has 3 rings (SSSR count). The van der Waals surface area contributed by atoms with Gasteiger partial charge in [-0.1, -0.05) is 51.1 Å². The second kappa shape index (κ2) is 7.65. The van der Waals surface area contributed by atoms with Crippen LogP contribution in [0.1, 0.15) is 31.9 Å². The van der Waals surface area contributed by atoms with Crippen LogP contribution in [0.2, 0.25) is 0 Å². The van der Waals surface area contributed by atoms with E-state index in [1.54, 1.807) is 0 Å². The molecule has 0 aliphatic heterocycles. The lowest BCUT2D eigenvalue weighted by atomic mass is 9.87. The summed E-state index contributed by atoms with van der Waals surface area (Å²) in [6.07, 6.45) is 2.27. The molecule has 0 radical (unpaired) electrons. The molecule has 0 saturated carbocycles. The van der Waals surface area contributed by atoms with Gasteiger partial charge < -0.3 is 15.0 Å². The van der Waals surface area contributed by atoms with Gasteiger partial charge in [0.05, 0.1) is 13.0 Å². The first-order chi connectivity index (χ1) is 12.4. The Morgan fingerprint density at radius 1 is 1.08 bits per heavy atom. The predicted octanol–water partition coefficient (Wildman–Crippen LogP) is 4.20. The molecular formula is C22H26N2O2. The summed E-state index contributed by atoms with van der Waals surface area (Å²) in [5.74, 6) is 0.824. The molecule has 0 unspecified atom stereocenters. The maximum Gasteiger partial charge on any atom is 0.224 e. The minimum Gasteiger partial charge on any atom is -0.492 e. The summed E-state index contributed by atoms with van der Waals surface area (Å²) in [5.41, 5.74) is 3.47. The molecule has 4 heteroatoms. The van der Waals surface area contributed by atoms with E-state index in [2.05, 4.69) is 43.2 Å². The van der Waals surface area contributed by atoms with Crippen molar-refractivity contribution >= 4 is 16.8 Å². The first kappa shape index (κ1) is 18.1. The first-order valence-electron chi connectivity index (χ1n) is 8.98. The van der Waals surface area contributed by atoms with Crippen molar-refractivity contribution < 1.29 is 9.53 Å². The molecule has 0 aliphatic carbocycles. The summed E-state index contributed by atoms with van der Waals surface area (Å²) < 4.78 is 5.71. The fourth-order valence-corrected chi connectivity index (χ4v) is 2.92. The lowest BCUT2D eigenvalue weighted by Gasteiger charge is -2.19. The highest BCUT2D eigenvalue weighted by Gasteiger charge is 2.13. The highest BCUT2D eigenvalue weighted by Crippen LogP contribution is 2.24. The van der Waals surface area contributed by atoms with Gasteiger partial charge in [-0.3, -0.25) is 4.79 Å². The van der Waals surface area contributed by atoms with E-state index in [4.69, 9.17) is 4.74 Å². The number of carbonyl (C=O) groups excluding carboxylic acids is 1. The second-order valence-electron chi connectivity index (χ2n) is 7.51. The quantitative estimate of drug-likeness (QED) is 0.655. The second-order valence-corrected chi connectivity index (χ2v) is 7.51. The molecule has 0 aliphatic rings. The Morgan fingerprint density at radius 3 is 2.54 bits per heavy atom. The molecule has 1 heterocycles. The van der Waals surface area contributed by atoms with E-state index in [0.717, 1.165) is 22.2 Å². The SMILES string of the molecule is CC(C)(C)c1ccc(OCCNC(=O)Cc2c[nH]c3ccccc23)cc1. The Hall–Kier alpha value is -2.75. The summed E-state index contributed by atoms with van der Waals surface area (Å²) in [6.45, 7) is 7.50. The number of aromatic amines is 1. The van der Waals surface area contributed by atoms with Crippen LogP contribution in [-0.4, -0.2) is 24.0 Å². The van der Waals surface area contributed by atoms with E-state index in [-0.39, 0.29) is 11.3 Å². The van der Waals surface area contributed by atoms with Crippen LogP contribution in [0.25, 0.3) is 10.9 Å². The van der Waals surface area contributed by atoms with E-state index in [0.29, 0.717) is 19.6 Å². The maximum absolute atomic E-state index is 12.1. The molecule has 136 valence electrons. The average molecular weight is 350 g/mol. The minimum absolute atomic E-state index is 0.00133. The summed E-state index contributed by atoms with van der Waals surface area (Å²) in [4.78, 5) is 15.3. The maximum atomic E-state index is 12.1. The molecule has 0 spiro atoms. The van der Waals surface area contributed by atoms with E-state index >= 15 is 0 Å². The number of carbonyl (C=O) groups is 1. The zero-order valence-corrected chi connectivity index (χ0v) is 15.6. The van der Waals surface area contributed by atoms with Crippen molar-refractivity contribution in [2.24, 2.45) is 0 Å². The Kier molecular flexibility index (Phi) is 5.31. The monoisotopic (exact) mass is 350 g/mol. The van der Waals surface area contributed by atoms with Crippen LogP contribution in [0, 0.1) is 0 Å². The predicted molar refractivity (Wildman–Crippen MR) is 106 cm³/mol. The number of rotatable bonds is 6. The summed E-state index contributed by atoms with van der Waals surface area (Å²) in [6, 6.07) is 16.1. The number of nitrogens with one attached hydrogen (secondary N) is 2. The number of fused-ring (bicyclic) bond motifs is 1. The van der Waals surface area contributed by atoms with Crippen molar-refractivity contribution in [2.45, 2.75) is 32.6 Å². The van der Waals surface area contributed by atoms with Gasteiger partial charge in [0.25, 0.3) is 0 Å². The number of para-hydroxylation sites is 1.